The van der Waals surface area contributed by atoms with Gasteiger partial charge in [0.1, 0.15) is 0 Å². The Labute approximate surface area is 138 Å². The van der Waals surface area contributed by atoms with E-state index in [0.717, 1.165) is 10.9 Å². The fourth-order valence-electron chi connectivity index (χ4n) is 2.16. The largest absolute Gasteiger partial charge is 0.349 e. The van der Waals surface area contributed by atoms with Gasteiger partial charge in [0, 0.05) is 16.1 Å². The molecule has 0 saturated carbocycles. The number of halogens is 2. The smallest absolute Gasteiger partial charge is 0.251 e. The maximum absolute atomic E-state index is 12.2. The number of amides is 1. The average molecular weight is 367 g/mol. The summed E-state index contributed by atoms with van der Waals surface area (Å²) in [5.74, 6) is -0.106. The summed E-state index contributed by atoms with van der Waals surface area (Å²) in [5.41, 5.74) is 3.06. The highest BCUT2D eigenvalue weighted by Gasteiger charge is 2.12. The molecule has 4 heteroatoms. The molecule has 2 aromatic carbocycles. The first-order valence-electron chi connectivity index (χ1n) is 6.78. The number of aryl methyl sites for hydroxylation is 1. The van der Waals surface area contributed by atoms with Gasteiger partial charge in [0.05, 0.1) is 5.02 Å². The Bertz CT molecular complexity index is 657. The summed E-state index contributed by atoms with van der Waals surface area (Å²) in [5, 5.41) is 3.54. The fraction of sp³-hybridized carbons (Fsp3) is 0.235. The molecule has 2 rings (SSSR count). The average Bonchev–Trinajstić information content (AvgIpc) is 2.44. The quantitative estimate of drug-likeness (QED) is 0.829. The molecule has 0 saturated heterocycles. The molecular weight excluding hydrogens is 350 g/mol. The summed E-state index contributed by atoms with van der Waals surface area (Å²) in [7, 11) is 0. The second-order valence-corrected chi connectivity index (χ2v) is 6.40. The third-order valence-corrected chi connectivity index (χ3v) is 4.58. The topological polar surface area (TPSA) is 29.1 Å². The van der Waals surface area contributed by atoms with Crippen molar-refractivity contribution in [2.75, 3.05) is 0 Å². The van der Waals surface area contributed by atoms with Gasteiger partial charge in [0.2, 0.25) is 0 Å². The molecule has 0 spiro atoms. The number of nitrogens with one attached hydrogen (secondary N) is 1. The maximum Gasteiger partial charge on any atom is 0.251 e. The normalized spacial score (nSPS) is 12.0. The van der Waals surface area contributed by atoms with E-state index < -0.39 is 0 Å². The molecule has 1 atom stereocenters. The first kappa shape index (κ1) is 16.1. The molecule has 0 aliphatic rings. The van der Waals surface area contributed by atoms with Gasteiger partial charge >= 0.3 is 0 Å². The number of carbonyl (C=O) groups is 1. The van der Waals surface area contributed by atoms with Crippen molar-refractivity contribution in [2.24, 2.45) is 0 Å². The van der Waals surface area contributed by atoms with Crippen LogP contribution in [-0.4, -0.2) is 11.9 Å². The molecule has 1 N–H and O–H groups in total. The highest BCUT2D eigenvalue weighted by molar-refractivity contribution is 9.10. The van der Waals surface area contributed by atoms with Crippen molar-refractivity contribution >= 4 is 33.4 Å². The summed E-state index contributed by atoms with van der Waals surface area (Å²) in [6, 6.07) is 13.5. The van der Waals surface area contributed by atoms with E-state index in [1.54, 1.807) is 18.2 Å². The Balaban J connectivity index is 2.02. The first-order valence-corrected chi connectivity index (χ1v) is 7.95. The van der Waals surface area contributed by atoms with Crippen LogP contribution in [0.4, 0.5) is 0 Å². The Hall–Kier alpha value is -1.32. The van der Waals surface area contributed by atoms with Crippen molar-refractivity contribution in [1.82, 2.24) is 5.32 Å². The minimum absolute atomic E-state index is 0.0565. The summed E-state index contributed by atoms with van der Waals surface area (Å²) >= 11 is 9.34. The van der Waals surface area contributed by atoms with Gasteiger partial charge in [-0.25, -0.2) is 0 Å². The van der Waals surface area contributed by atoms with E-state index in [1.165, 1.54) is 11.1 Å². The molecule has 0 radical (unpaired) electrons. The number of carbonyl (C=O) groups excluding carboxylic acids is 1. The molecule has 1 unspecified atom stereocenters. The lowest BCUT2D eigenvalue weighted by molar-refractivity contribution is 0.0940. The highest BCUT2D eigenvalue weighted by Crippen LogP contribution is 2.23. The predicted octanol–water partition coefficient (Wildman–Crippen LogP) is 4.77. The van der Waals surface area contributed by atoms with Gasteiger partial charge in [-0.15, -0.1) is 0 Å². The van der Waals surface area contributed by atoms with Crippen LogP contribution >= 0.6 is 27.5 Å². The van der Waals surface area contributed by atoms with Gasteiger partial charge in [-0.2, -0.15) is 0 Å². The van der Waals surface area contributed by atoms with Crippen LogP contribution in [0.25, 0.3) is 0 Å². The lowest BCUT2D eigenvalue weighted by Gasteiger charge is -2.15. The lowest BCUT2D eigenvalue weighted by atomic mass is 10.0. The number of benzene rings is 2. The van der Waals surface area contributed by atoms with Crippen LogP contribution in [0.1, 0.15) is 28.4 Å². The minimum Gasteiger partial charge on any atom is -0.349 e. The van der Waals surface area contributed by atoms with Crippen molar-refractivity contribution in [3.63, 3.8) is 0 Å². The molecule has 0 aliphatic carbocycles. The van der Waals surface area contributed by atoms with E-state index in [0.29, 0.717) is 10.6 Å². The third-order valence-electron chi connectivity index (χ3n) is 3.35. The third kappa shape index (κ3) is 4.32. The molecule has 110 valence electrons. The van der Waals surface area contributed by atoms with Crippen LogP contribution < -0.4 is 5.32 Å². The van der Waals surface area contributed by atoms with Gasteiger partial charge in [-0.3, -0.25) is 4.79 Å². The SMILES string of the molecule is Cc1ccccc1CC(C)NC(=O)c1ccc(Br)c(Cl)c1. The molecule has 21 heavy (non-hydrogen) atoms. The van der Waals surface area contributed by atoms with E-state index in [4.69, 9.17) is 11.6 Å². The molecule has 0 aromatic heterocycles. The molecule has 1 amide bonds. The summed E-state index contributed by atoms with van der Waals surface area (Å²) in [6.45, 7) is 4.09. The van der Waals surface area contributed by atoms with Crippen molar-refractivity contribution in [2.45, 2.75) is 26.3 Å². The predicted molar refractivity (Wildman–Crippen MR) is 91.0 cm³/mol. The monoisotopic (exact) mass is 365 g/mol. The Morgan fingerprint density at radius 2 is 2.00 bits per heavy atom. The molecule has 2 aromatic rings. The van der Waals surface area contributed by atoms with Crippen LogP contribution in [0.5, 0.6) is 0 Å². The summed E-state index contributed by atoms with van der Waals surface area (Å²) < 4.78 is 0.786. The van der Waals surface area contributed by atoms with Gasteiger partial charge in [-0.1, -0.05) is 35.9 Å². The Kier molecular flexibility index (Phi) is 5.43. The summed E-state index contributed by atoms with van der Waals surface area (Å²) in [4.78, 5) is 12.2. The van der Waals surface area contributed by atoms with Crippen molar-refractivity contribution in [1.29, 1.82) is 0 Å². The number of hydrogen-bond donors (Lipinski definition) is 1. The van der Waals surface area contributed by atoms with Crippen LogP contribution in [0, 0.1) is 6.92 Å². The molecule has 0 heterocycles. The Morgan fingerprint density at radius 1 is 1.29 bits per heavy atom. The molecular formula is C17H17BrClNO. The highest BCUT2D eigenvalue weighted by atomic mass is 79.9. The zero-order valence-electron chi connectivity index (χ0n) is 12.0. The van der Waals surface area contributed by atoms with Gasteiger partial charge in [0.15, 0.2) is 0 Å². The fourth-order valence-corrected chi connectivity index (χ4v) is 2.59. The van der Waals surface area contributed by atoms with Gasteiger partial charge in [0.25, 0.3) is 5.91 Å². The minimum atomic E-state index is -0.106. The van der Waals surface area contributed by atoms with Crippen molar-refractivity contribution in [3.8, 4) is 0 Å². The zero-order valence-corrected chi connectivity index (χ0v) is 14.3. The van der Waals surface area contributed by atoms with Gasteiger partial charge in [-0.05, 0) is 65.5 Å². The van der Waals surface area contributed by atoms with E-state index in [-0.39, 0.29) is 11.9 Å². The molecule has 0 fully saturated rings. The molecule has 2 nitrogen and oxygen atoms in total. The second-order valence-electron chi connectivity index (χ2n) is 5.13. The molecule has 0 aliphatic heterocycles. The second kappa shape index (κ2) is 7.10. The van der Waals surface area contributed by atoms with Gasteiger partial charge < -0.3 is 5.32 Å². The number of hydrogen-bond acceptors (Lipinski definition) is 1. The molecule has 0 bridgehead atoms. The number of rotatable bonds is 4. The van der Waals surface area contributed by atoms with Crippen LogP contribution in [0.15, 0.2) is 46.9 Å². The van der Waals surface area contributed by atoms with E-state index in [1.807, 2.05) is 19.1 Å². The Morgan fingerprint density at radius 3 is 2.67 bits per heavy atom. The van der Waals surface area contributed by atoms with Crippen molar-refractivity contribution < 1.29 is 4.79 Å². The van der Waals surface area contributed by atoms with Crippen molar-refractivity contribution in [3.05, 3.63) is 68.7 Å². The zero-order chi connectivity index (χ0) is 15.4. The van der Waals surface area contributed by atoms with E-state index in [9.17, 15) is 4.79 Å². The standard InChI is InChI=1S/C17H17BrClNO/c1-11-5-3-4-6-13(11)9-12(2)20-17(21)14-7-8-15(18)16(19)10-14/h3-8,10,12H,9H2,1-2H3,(H,20,21). The van der Waals surface area contributed by atoms with Crippen LogP contribution in [-0.2, 0) is 6.42 Å². The first-order chi connectivity index (χ1) is 9.97. The lowest BCUT2D eigenvalue weighted by Crippen LogP contribution is -2.34. The van der Waals surface area contributed by atoms with E-state index in [2.05, 4.69) is 40.3 Å². The van der Waals surface area contributed by atoms with Crippen LogP contribution in [0.3, 0.4) is 0 Å². The van der Waals surface area contributed by atoms with Crippen LogP contribution in [0.2, 0.25) is 5.02 Å². The van der Waals surface area contributed by atoms with E-state index >= 15 is 0 Å². The maximum atomic E-state index is 12.2. The summed E-state index contributed by atoms with van der Waals surface area (Å²) in [6.07, 6.45) is 0.808.